The highest BCUT2D eigenvalue weighted by molar-refractivity contribution is 7.89. The maximum atomic E-state index is 12.6. The van der Waals surface area contributed by atoms with Crippen molar-refractivity contribution in [3.8, 4) is 0 Å². The Bertz CT molecular complexity index is 593. The quantitative estimate of drug-likeness (QED) is 0.898. The van der Waals surface area contributed by atoms with Gasteiger partial charge in [-0.3, -0.25) is 4.98 Å². The number of nitrogens with zero attached hydrogens (tertiary/aromatic N) is 2. The summed E-state index contributed by atoms with van der Waals surface area (Å²) in [4.78, 5) is 3.97. The molecule has 2 aliphatic rings. The molecule has 110 valence electrons. The van der Waals surface area contributed by atoms with E-state index in [2.05, 4.69) is 4.98 Å². The molecule has 2 bridgehead atoms. The molecule has 3 rings (SSSR count). The molecule has 1 saturated carbocycles. The molecule has 1 saturated heterocycles. The monoisotopic (exact) mass is 316 g/mol. The minimum Gasteiger partial charge on any atom is -0.392 e. The molecule has 1 aromatic rings. The topological polar surface area (TPSA) is 70.5 Å². The van der Waals surface area contributed by atoms with Crippen LogP contribution in [0.3, 0.4) is 0 Å². The van der Waals surface area contributed by atoms with Gasteiger partial charge in [0, 0.05) is 25.5 Å². The minimum absolute atomic E-state index is 0.0458. The number of rotatable bonds is 2. The Balaban J connectivity index is 1.89. The molecular formula is C13H17ClN2O3S. The van der Waals surface area contributed by atoms with Gasteiger partial charge in [0.1, 0.15) is 4.90 Å². The molecule has 2 fully saturated rings. The summed E-state index contributed by atoms with van der Waals surface area (Å²) in [5.74, 6) is 0.0915. The normalized spacial score (nSPS) is 31.2. The Morgan fingerprint density at radius 2 is 1.90 bits per heavy atom. The summed E-state index contributed by atoms with van der Waals surface area (Å²) in [6.07, 6.45) is 5.21. The first-order valence-corrected chi connectivity index (χ1v) is 8.59. The SMILES string of the molecule is O=S(=O)(c1cncc(Cl)c1)N1C[C@H]2CCC[C@H](C1)C2O. The van der Waals surface area contributed by atoms with Crippen molar-refractivity contribution < 1.29 is 13.5 Å². The summed E-state index contributed by atoms with van der Waals surface area (Å²) in [5.41, 5.74) is 0. The van der Waals surface area contributed by atoms with E-state index >= 15 is 0 Å². The predicted molar refractivity (Wildman–Crippen MR) is 74.8 cm³/mol. The van der Waals surface area contributed by atoms with E-state index in [1.807, 2.05) is 0 Å². The molecule has 2 heterocycles. The fourth-order valence-electron chi connectivity index (χ4n) is 3.24. The van der Waals surface area contributed by atoms with Crippen LogP contribution in [-0.2, 0) is 10.0 Å². The van der Waals surface area contributed by atoms with E-state index in [1.54, 1.807) is 0 Å². The molecule has 1 N–H and O–H groups in total. The van der Waals surface area contributed by atoms with Gasteiger partial charge in [-0.1, -0.05) is 18.0 Å². The van der Waals surface area contributed by atoms with E-state index in [0.717, 1.165) is 19.3 Å². The van der Waals surface area contributed by atoms with Crippen LogP contribution in [0, 0.1) is 11.8 Å². The van der Waals surface area contributed by atoms with Crippen molar-refractivity contribution in [1.29, 1.82) is 0 Å². The van der Waals surface area contributed by atoms with Crippen molar-refractivity contribution in [2.75, 3.05) is 13.1 Å². The lowest BCUT2D eigenvalue weighted by molar-refractivity contribution is -0.0269. The average molecular weight is 317 g/mol. The largest absolute Gasteiger partial charge is 0.392 e. The molecule has 0 aromatic carbocycles. The smallest absolute Gasteiger partial charge is 0.244 e. The number of fused-ring (bicyclic) bond motifs is 2. The van der Waals surface area contributed by atoms with Gasteiger partial charge in [-0.05, 0) is 30.7 Å². The number of halogens is 1. The molecule has 1 aliphatic carbocycles. The second-order valence-corrected chi connectivity index (χ2v) is 7.98. The van der Waals surface area contributed by atoms with Crippen LogP contribution < -0.4 is 0 Å². The van der Waals surface area contributed by atoms with Crippen LogP contribution in [-0.4, -0.2) is 42.0 Å². The molecule has 1 aromatic heterocycles. The van der Waals surface area contributed by atoms with Gasteiger partial charge in [-0.2, -0.15) is 4.31 Å². The second kappa shape index (κ2) is 5.26. The van der Waals surface area contributed by atoms with Crippen molar-refractivity contribution in [2.45, 2.75) is 30.3 Å². The molecule has 0 radical (unpaired) electrons. The number of sulfonamides is 1. The van der Waals surface area contributed by atoms with E-state index in [0.29, 0.717) is 18.1 Å². The Kier molecular flexibility index (Phi) is 3.75. The van der Waals surface area contributed by atoms with E-state index in [9.17, 15) is 13.5 Å². The highest BCUT2D eigenvalue weighted by Crippen LogP contribution is 2.36. The third kappa shape index (κ3) is 2.45. The van der Waals surface area contributed by atoms with Gasteiger partial charge in [0.15, 0.2) is 0 Å². The summed E-state index contributed by atoms with van der Waals surface area (Å²) >= 11 is 5.82. The number of hydrogen-bond donors (Lipinski definition) is 1. The maximum Gasteiger partial charge on any atom is 0.244 e. The van der Waals surface area contributed by atoms with E-state index in [-0.39, 0.29) is 22.8 Å². The Morgan fingerprint density at radius 3 is 2.50 bits per heavy atom. The number of pyridine rings is 1. The van der Waals surface area contributed by atoms with Gasteiger partial charge in [0.05, 0.1) is 11.1 Å². The fraction of sp³-hybridized carbons (Fsp3) is 0.615. The van der Waals surface area contributed by atoms with Gasteiger partial charge >= 0.3 is 0 Å². The zero-order valence-corrected chi connectivity index (χ0v) is 12.5. The zero-order valence-electron chi connectivity index (χ0n) is 10.9. The zero-order chi connectivity index (χ0) is 14.3. The van der Waals surface area contributed by atoms with Crippen molar-refractivity contribution >= 4 is 21.6 Å². The van der Waals surface area contributed by atoms with Crippen LogP contribution in [0.4, 0.5) is 0 Å². The van der Waals surface area contributed by atoms with Crippen molar-refractivity contribution in [3.63, 3.8) is 0 Å². The first-order chi connectivity index (χ1) is 9.48. The lowest BCUT2D eigenvalue weighted by Crippen LogP contribution is -2.53. The fourth-order valence-corrected chi connectivity index (χ4v) is 5.03. The summed E-state index contributed by atoms with van der Waals surface area (Å²) in [6, 6.07) is 1.42. The van der Waals surface area contributed by atoms with Crippen molar-refractivity contribution in [3.05, 3.63) is 23.5 Å². The number of aliphatic hydroxyl groups excluding tert-OH is 1. The minimum atomic E-state index is -3.57. The first-order valence-electron chi connectivity index (χ1n) is 6.77. The number of aromatic nitrogens is 1. The number of hydrogen-bond acceptors (Lipinski definition) is 4. The Hall–Kier alpha value is -0.690. The highest BCUT2D eigenvalue weighted by Gasteiger charge is 2.42. The summed E-state index contributed by atoms with van der Waals surface area (Å²) in [7, 11) is -3.57. The second-order valence-electron chi connectivity index (χ2n) is 5.60. The Labute approximate surface area is 123 Å². The molecule has 5 nitrogen and oxygen atoms in total. The molecule has 0 unspecified atom stereocenters. The maximum absolute atomic E-state index is 12.6. The van der Waals surface area contributed by atoms with Crippen molar-refractivity contribution in [1.82, 2.24) is 9.29 Å². The van der Waals surface area contributed by atoms with Gasteiger partial charge < -0.3 is 5.11 Å². The van der Waals surface area contributed by atoms with E-state index < -0.39 is 10.0 Å². The van der Waals surface area contributed by atoms with E-state index in [4.69, 9.17) is 11.6 Å². The lowest BCUT2D eigenvalue weighted by atomic mass is 9.76. The van der Waals surface area contributed by atoms with Gasteiger partial charge in [-0.25, -0.2) is 8.42 Å². The standard InChI is InChI=1S/C13H17ClN2O3S/c14-11-4-12(6-15-5-11)20(18,19)16-7-9-2-1-3-10(8-16)13(9)17/h4-6,9-10,13,17H,1-3,7-8H2/t9-,10-/m1/s1. The molecular weight excluding hydrogens is 300 g/mol. The average Bonchev–Trinajstić information content (AvgIpc) is 2.38. The predicted octanol–water partition coefficient (Wildman–Crippen LogP) is 1.52. The van der Waals surface area contributed by atoms with Gasteiger partial charge in [0.2, 0.25) is 10.0 Å². The van der Waals surface area contributed by atoms with Gasteiger partial charge in [-0.15, -0.1) is 0 Å². The lowest BCUT2D eigenvalue weighted by Gasteiger charge is -2.44. The van der Waals surface area contributed by atoms with Crippen molar-refractivity contribution in [2.24, 2.45) is 11.8 Å². The highest BCUT2D eigenvalue weighted by atomic mass is 35.5. The number of piperidine rings is 1. The first kappa shape index (κ1) is 14.3. The van der Waals surface area contributed by atoms with Crippen LogP contribution in [0.2, 0.25) is 5.02 Å². The molecule has 0 spiro atoms. The molecule has 1 aliphatic heterocycles. The third-order valence-electron chi connectivity index (χ3n) is 4.31. The molecule has 0 amide bonds. The Morgan fingerprint density at radius 1 is 1.25 bits per heavy atom. The summed E-state index contributed by atoms with van der Waals surface area (Å²) < 4.78 is 26.7. The van der Waals surface area contributed by atoms with Crippen LogP contribution in [0.5, 0.6) is 0 Å². The molecule has 7 heteroatoms. The number of aliphatic hydroxyl groups is 1. The molecule has 20 heavy (non-hydrogen) atoms. The van der Waals surface area contributed by atoms with Crippen LogP contribution in [0.25, 0.3) is 0 Å². The third-order valence-corrected chi connectivity index (χ3v) is 6.31. The van der Waals surface area contributed by atoms with Crippen LogP contribution in [0.1, 0.15) is 19.3 Å². The van der Waals surface area contributed by atoms with Crippen LogP contribution in [0.15, 0.2) is 23.4 Å². The van der Waals surface area contributed by atoms with Gasteiger partial charge in [0.25, 0.3) is 0 Å². The molecule has 2 atom stereocenters. The summed E-state index contributed by atoms with van der Waals surface area (Å²) in [6.45, 7) is 0.763. The van der Waals surface area contributed by atoms with Crippen LogP contribution >= 0.6 is 11.6 Å². The van der Waals surface area contributed by atoms with E-state index in [1.165, 1.54) is 22.8 Å². The summed E-state index contributed by atoms with van der Waals surface area (Å²) in [5, 5.41) is 10.4.